The first-order valence-electron chi connectivity index (χ1n) is 20.8. The topological polar surface area (TPSA) is 130 Å². The summed E-state index contributed by atoms with van der Waals surface area (Å²) in [5.41, 5.74) is 3.24. The van der Waals surface area contributed by atoms with Crippen LogP contribution in [0.1, 0.15) is 78.4 Å². The highest BCUT2D eigenvalue weighted by Gasteiger charge is 2.46. The number of piperazine rings is 1. The second-order valence-electron chi connectivity index (χ2n) is 17.1. The minimum atomic E-state index is -1.09. The van der Waals surface area contributed by atoms with Crippen LogP contribution in [-0.4, -0.2) is 125 Å². The molecule has 16 heteroatoms. The van der Waals surface area contributed by atoms with Crippen molar-refractivity contribution in [1.29, 1.82) is 0 Å². The molecule has 1 unspecified atom stereocenters. The SMILES string of the molecule is [C-]#[N+]c1ccc(N2CC3(CCN(c4cnc(CN5CCN(C6CCN(c7cc8c(cc7F)C(=O)N(C7CCC(=O)NC7=O)C8=O)CC6)CC5)nc4)CC3)C[C@@H]2C)cc1Cl. The molecule has 1 N–H and O–H groups in total. The number of imide groups is 2. The quantitative estimate of drug-likeness (QED) is 0.258. The Morgan fingerprint density at radius 2 is 1.58 bits per heavy atom. The molecular formula is C43H48ClFN10O4. The van der Waals surface area contributed by atoms with Gasteiger partial charge in [-0.15, -0.1) is 0 Å². The maximum atomic E-state index is 15.5. The summed E-state index contributed by atoms with van der Waals surface area (Å²) in [4.78, 5) is 76.2. The number of carbonyl (C=O) groups is 4. The maximum Gasteiger partial charge on any atom is 0.262 e. The fourth-order valence-corrected chi connectivity index (χ4v) is 10.5. The molecule has 9 rings (SSSR count). The lowest BCUT2D eigenvalue weighted by Crippen LogP contribution is -2.54. The number of carbonyl (C=O) groups excluding carboxylic acids is 4. The number of fused-ring (bicyclic) bond motifs is 1. The van der Waals surface area contributed by atoms with E-state index in [1.54, 1.807) is 0 Å². The normalized spacial score (nSPS) is 24.2. The number of halogens is 2. The van der Waals surface area contributed by atoms with E-state index in [1.165, 1.54) is 6.07 Å². The largest absolute Gasteiger partial charge is 0.369 e. The minimum absolute atomic E-state index is 0.0259. The molecule has 3 aromatic rings. The third kappa shape index (κ3) is 7.51. The molecule has 0 bridgehead atoms. The Kier molecular flexibility index (Phi) is 10.5. The van der Waals surface area contributed by atoms with Gasteiger partial charge in [0.25, 0.3) is 11.8 Å². The Morgan fingerprint density at radius 1 is 0.881 bits per heavy atom. The zero-order valence-corrected chi connectivity index (χ0v) is 34.0. The molecule has 4 amide bonds. The number of nitrogens with zero attached hydrogens (tertiary/aromatic N) is 9. The average Bonchev–Trinajstić information content (AvgIpc) is 3.68. The van der Waals surface area contributed by atoms with Crippen LogP contribution >= 0.6 is 11.6 Å². The van der Waals surface area contributed by atoms with Crippen molar-refractivity contribution in [3.63, 3.8) is 0 Å². The zero-order chi connectivity index (χ0) is 41.0. The molecule has 0 radical (unpaired) electrons. The molecule has 2 aromatic carbocycles. The molecule has 5 fully saturated rings. The van der Waals surface area contributed by atoms with Gasteiger partial charge in [-0.1, -0.05) is 17.7 Å². The van der Waals surface area contributed by atoms with Crippen LogP contribution in [-0.2, 0) is 16.1 Å². The van der Waals surface area contributed by atoms with Crippen LogP contribution in [0.5, 0.6) is 0 Å². The molecule has 6 aliphatic rings. The summed E-state index contributed by atoms with van der Waals surface area (Å²) >= 11 is 6.38. The van der Waals surface area contributed by atoms with E-state index in [2.05, 4.69) is 36.7 Å². The van der Waals surface area contributed by atoms with E-state index in [4.69, 9.17) is 28.1 Å². The van der Waals surface area contributed by atoms with E-state index >= 15 is 4.39 Å². The molecule has 7 heterocycles. The Morgan fingerprint density at radius 3 is 2.24 bits per heavy atom. The smallest absolute Gasteiger partial charge is 0.262 e. The molecule has 1 spiro atoms. The highest BCUT2D eigenvalue weighted by molar-refractivity contribution is 6.33. The summed E-state index contributed by atoms with van der Waals surface area (Å²) in [5, 5.41) is 2.70. The van der Waals surface area contributed by atoms with Crippen LogP contribution in [0.3, 0.4) is 0 Å². The van der Waals surface area contributed by atoms with Crippen LogP contribution in [0.4, 0.5) is 27.1 Å². The second-order valence-corrected chi connectivity index (χ2v) is 17.5. The molecule has 59 heavy (non-hydrogen) atoms. The third-order valence-corrected chi connectivity index (χ3v) is 13.9. The van der Waals surface area contributed by atoms with Crippen molar-refractivity contribution in [2.24, 2.45) is 5.41 Å². The molecule has 14 nitrogen and oxygen atoms in total. The lowest BCUT2D eigenvalue weighted by atomic mass is 9.76. The maximum absolute atomic E-state index is 15.5. The van der Waals surface area contributed by atoms with E-state index in [0.717, 1.165) is 106 Å². The predicted molar refractivity (Wildman–Crippen MR) is 220 cm³/mol. The fourth-order valence-electron chi connectivity index (χ4n) is 10.3. The summed E-state index contributed by atoms with van der Waals surface area (Å²) in [6.07, 6.45) is 9.07. The number of nitrogens with one attached hydrogen (secondary N) is 1. The highest BCUT2D eigenvalue weighted by Crippen LogP contribution is 2.46. The van der Waals surface area contributed by atoms with Gasteiger partial charge in [0.15, 0.2) is 0 Å². The van der Waals surface area contributed by atoms with Crippen molar-refractivity contribution < 1.29 is 23.6 Å². The summed E-state index contributed by atoms with van der Waals surface area (Å²) in [5.74, 6) is -2.22. The molecule has 2 atom stereocenters. The van der Waals surface area contributed by atoms with Crippen molar-refractivity contribution in [1.82, 2.24) is 30.0 Å². The first-order valence-corrected chi connectivity index (χ1v) is 21.1. The molecule has 0 saturated carbocycles. The number of hydrogen-bond donors (Lipinski definition) is 1. The van der Waals surface area contributed by atoms with Crippen LogP contribution < -0.4 is 20.0 Å². The standard InChI is InChI=1S/C43H48ClFN10O4/c1-27-22-43(26-54(27)29-3-4-35(46-2)33(44)19-29)9-13-51(14-10-43)30-23-47-38(48-24-30)25-50-15-17-52(18-16-50)28-7-11-53(12-8-28)37-21-32-31(20-34(37)45)41(58)55(42(32)59)36-5-6-39(56)49-40(36)57/h3-4,19-21,23-24,27-28,36H,5-18,22,25-26H2,1H3,(H,49,56,57)/t27-,36?/m0/s1. The van der Waals surface area contributed by atoms with E-state index in [9.17, 15) is 19.2 Å². The van der Waals surface area contributed by atoms with E-state index in [-0.39, 0.29) is 35.1 Å². The van der Waals surface area contributed by atoms with Crippen molar-refractivity contribution in [2.75, 3.05) is 73.6 Å². The summed E-state index contributed by atoms with van der Waals surface area (Å²) in [6.45, 7) is 18.1. The van der Waals surface area contributed by atoms with Crippen LogP contribution in [0.2, 0.25) is 5.02 Å². The number of hydrogen-bond acceptors (Lipinski definition) is 11. The first kappa shape index (κ1) is 39.3. The minimum Gasteiger partial charge on any atom is -0.369 e. The van der Waals surface area contributed by atoms with Gasteiger partial charge in [0.1, 0.15) is 17.7 Å². The molecule has 0 aliphatic carbocycles. The highest BCUT2D eigenvalue weighted by atomic mass is 35.5. The monoisotopic (exact) mass is 822 g/mol. The number of benzene rings is 2. The second kappa shape index (κ2) is 15.8. The van der Waals surface area contributed by atoms with Crippen LogP contribution in [0.25, 0.3) is 4.85 Å². The lowest BCUT2D eigenvalue weighted by Gasteiger charge is -2.43. The molecule has 1 aromatic heterocycles. The zero-order valence-electron chi connectivity index (χ0n) is 33.2. The van der Waals surface area contributed by atoms with Gasteiger partial charge in [-0.25, -0.2) is 19.2 Å². The third-order valence-electron chi connectivity index (χ3n) is 13.6. The van der Waals surface area contributed by atoms with Gasteiger partial charge in [0, 0.05) is 88.1 Å². The molecule has 308 valence electrons. The fraction of sp³-hybridized carbons (Fsp3) is 0.512. The number of aromatic nitrogens is 2. The van der Waals surface area contributed by atoms with Crippen molar-refractivity contribution in [2.45, 2.75) is 76.5 Å². The van der Waals surface area contributed by atoms with Crippen LogP contribution in [0, 0.1) is 17.8 Å². The van der Waals surface area contributed by atoms with E-state index < -0.39 is 35.5 Å². The summed E-state index contributed by atoms with van der Waals surface area (Å²) in [6, 6.07) is 8.04. The lowest BCUT2D eigenvalue weighted by molar-refractivity contribution is -0.136. The van der Waals surface area contributed by atoms with Crippen LogP contribution in [0.15, 0.2) is 42.7 Å². The summed E-state index contributed by atoms with van der Waals surface area (Å²) < 4.78 is 15.5. The van der Waals surface area contributed by atoms with Gasteiger partial charge >= 0.3 is 0 Å². The Labute approximate surface area is 348 Å². The Bertz CT molecular complexity index is 2210. The van der Waals surface area contributed by atoms with Gasteiger partial charge in [-0.3, -0.25) is 39.2 Å². The van der Waals surface area contributed by atoms with Gasteiger partial charge in [-0.05, 0) is 75.1 Å². The molecule has 5 saturated heterocycles. The van der Waals surface area contributed by atoms with Crippen molar-refractivity contribution in [3.8, 4) is 0 Å². The van der Waals surface area contributed by atoms with E-state index in [0.29, 0.717) is 42.4 Å². The number of rotatable bonds is 7. The molecular weight excluding hydrogens is 775 g/mol. The Hall–Kier alpha value is -5.17. The van der Waals surface area contributed by atoms with Gasteiger partial charge in [0.05, 0.1) is 48.0 Å². The van der Waals surface area contributed by atoms with Gasteiger partial charge < -0.3 is 14.7 Å². The number of anilines is 3. The number of amides is 4. The summed E-state index contributed by atoms with van der Waals surface area (Å²) in [7, 11) is 0. The van der Waals surface area contributed by atoms with Crippen molar-refractivity contribution in [3.05, 3.63) is 81.9 Å². The Balaban J connectivity index is 0.730. The average molecular weight is 823 g/mol. The first-order chi connectivity index (χ1) is 28.5. The van der Waals surface area contributed by atoms with E-state index in [1.807, 2.05) is 35.5 Å². The molecule has 6 aliphatic heterocycles. The predicted octanol–water partition coefficient (Wildman–Crippen LogP) is 4.89. The van der Waals surface area contributed by atoms with Gasteiger partial charge in [-0.2, -0.15) is 0 Å². The van der Waals surface area contributed by atoms with Gasteiger partial charge in [0.2, 0.25) is 17.5 Å². The van der Waals surface area contributed by atoms with Crippen molar-refractivity contribution >= 4 is 58.0 Å². The number of piperidine rings is 3.